The molecule has 0 unspecified atom stereocenters. The number of piperazine rings is 1. The molecular weight excluding hydrogens is 744 g/mol. The maximum atomic E-state index is 14.8. The number of para-hydroxylation sites is 2. The third-order valence-electron chi connectivity index (χ3n) is 9.43. The van der Waals surface area contributed by atoms with Crippen molar-refractivity contribution in [3.63, 3.8) is 0 Å². The van der Waals surface area contributed by atoms with Gasteiger partial charge in [0.25, 0.3) is 11.8 Å². The van der Waals surface area contributed by atoms with E-state index in [1.54, 1.807) is 31.2 Å². The van der Waals surface area contributed by atoms with Crippen LogP contribution in [-0.2, 0) is 31.5 Å². The summed E-state index contributed by atoms with van der Waals surface area (Å²) < 4.78 is 94.0. The minimum Gasteiger partial charge on any atom is -0.474 e. The number of ether oxygens (including phenoxy) is 2. The standard InChI is InChI=1S/C36H39F6N5O6S/c1-3-7-28-34(53-23-20-29(54-22-23)36(40,41)42,13-6-15-47(28)32(50)24-21-43-14-12-25(24)35(37,38)39)33(51)46-18-16-45(17-19-46)27-9-5-4-8-26(27)44-30(48)10-11-31(49)52-2/h4-5,8-9,12,14,20-22,28H,3,6-7,10-11,13,15-19H2,1-2H3,(H,44,48)/t28-,34+/m1/s1. The first-order valence-corrected chi connectivity index (χ1v) is 18.1. The summed E-state index contributed by atoms with van der Waals surface area (Å²) in [6.45, 7) is 2.48. The fraction of sp³-hybridized carbons (Fsp3) is 0.472. The normalized spacial score (nSPS) is 19.3. The lowest BCUT2D eigenvalue weighted by Gasteiger charge is -2.51. The molecule has 2 aromatic heterocycles. The van der Waals surface area contributed by atoms with Crippen LogP contribution in [0.4, 0.5) is 37.7 Å². The second-order valence-corrected chi connectivity index (χ2v) is 13.8. The molecule has 11 nitrogen and oxygen atoms in total. The maximum Gasteiger partial charge on any atom is 0.425 e. The van der Waals surface area contributed by atoms with Gasteiger partial charge in [0, 0.05) is 69.4 Å². The van der Waals surface area contributed by atoms with Gasteiger partial charge in [0.1, 0.15) is 10.6 Å². The van der Waals surface area contributed by atoms with Crippen LogP contribution in [0.25, 0.3) is 0 Å². The molecule has 0 spiro atoms. The summed E-state index contributed by atoms with van der Waals surface area (Å²) in [4.78, 5) is 60.4. The highest BCUT2D eigenvalue weighted by atomic mass is 32.1. The molecule has 2 atom stereocenters. The van der Waals surface area contributed by atoms with Crippen molar-refractivity contribution < 1.29 is 55.0 Å². The SMILES string of the molecule is CCC[C@H]1N(C(=O)c2cnccc2C(F)(F)F)CCC[C@@]1(Oc1csc(C(F)(F)F)c1)C(=O)N1CCN(c2ccccc2NC(=O)CCC(=O)OC)CC1. The number of rotatable bonds is 11. The van der Waals surface area contributed by atoms with Crippen molar-refractivity contribution in [2.75, 3.05) is 50.1 Å². The van der Waals surface area contributed by atoms with Gasteiger partial charge < -0.3 is 29.5 Å². The first kappa shape index (κ1) is 40.3. The first-order chi connectivity index (χ1) is 25.6. The number of aromatic nitrogens is 1. The van der Waals surface area contributed by atoms with Gasteiger partial charge in [-0.15, -0.1) is 11.3 Å². The molecule has 3 amide bonds. The maximum absolute atomic E-state index is 14.8. The molecule has 3 aromatic rings. The monoisotopic (exact) mass is 783 g/mol. The van der Waals surface area contributed by atoms with Crippen LogP contribution in [0, 0.1) is 0 Å². The average molecular weight is 784 g/mol. The minimum absolute atomic E-state index is 0.0166. The smallest absolute Gasteiger partial charge is 0.425 e. The number of hydrogen-bond acceptors (Lipinski definition) is 9. The van der Waals surface area contributed by atoms with Crippen molar-refractivity contribution in [3.05, 3.63) is 70.2 Å². The topological polar surface area (TPSA) is 121 Å². The highest BCUT2D eigenvalue weighted by Crippen LogP contribution is 2.43. The molecule has 2 aliphatic heterocycles. The number of alkyl halides is 6. The van der Waals surface area contributed by atoms with Crippen LogP contribution in [0.1, 0.15) is 66.2 Å². The van der Waals surface area contributed by atoms with Crippen molar-refractivity contribution in [2.24, 2.45) is 0 Å². The van der Waals surface area contributed by atoms with Gasteiger partial charge in [-0.3, -0.25) is 24.2 Å². The van der Waals surface area contributed by atoms with E-state index in [1.165, 1.54) is 16.9 Å². The van der Waals surface area contributed by atoms with Crippen molar-refractivity contribution >= 4 is 46.4 Å². The summed E-state index contributed by atoms with van der Waals surface area (Å²) in [6, 6.07) is 7.29. The van der Waals surface area contributed by atoms with Crippen LogP contribution in [0.5, 0.6) is 5.75 Å². The zero-order chi connectivity index (χ0) is 39.3. The number of methoxy groups -OCH3 is 1. The quantitative estimate of drug-likeness (QED) is 0.170. The molecule has 4 heterocycles. The molecule has 5 rings (SSSR count). The Morgan fingerprint density at radius 2 is 1.70 bits per heavy atom. The fourth-order valence-electron chi connectivity index (χ4n) is 6.91. The van der Waals surface area contributed by atoms with E-state index < -0.39 is 63.7 Å². The van der Waals surface area contributed by atoms with Crippen LogP contribution < -0.4 is 15.0 Å². The summed E-state index contributed by atoms with van der Waals surface area (Å²) in [5.74, 6) is -2.82. The number of anilines is 2. The number of pyridine rings is 1. The van der Waals surface area contributed by atoms with Crippen molar-refractivity contribution in [1.29, 1.82) is 0 Å². The number of thiophene rings is 1. The summed E-state index contributed by atoms with van der Waals surface area (Å²) in [5.41, 5.74) is -2.74. The van der Waals surface area contributed by atoms with Crippen LogP contribution in [0.3, 0.4) is 0 Å². The molecule has 0 radical (unpaired) electrons. The number of piperidine rings is 1. The zero-order valence-electron chi connectivity index (χ0n) is 29.5. The van der Waals surface area contributed by atoms with E-state index in [9.17, 15) is 45.5 Å². The number of esters is 1. The van der Waals surface area contributed by atoms with Crippen LogP contribution in [0.15, 0.2) is 54.2 Å². The predicted octanol–water partition coefficient (Wildman–Crippen LogP) is 6.64. The summed E-state index contributed by atoms with van der Waals surface area (Å²) in [5, 5.41) is 3.92. The highest BCUT2D eigenvalue weighted by molar-refractivity contribution is 7.10. The second kappa shape index (κ2) is 16.7. The average Bonchev–Trinajstić information content (AvgIpc) is 3.63. The second-order valence-electron chi connectivity index (χ2n) is 12.9. The molecule has 2 fully saturated rings. The summed E-state index contributed by atoms with van der Waals surface area (Å²) in [7, 11) is 1.23. The molecule has 18 heteroatoms. The largest absolute Gasteiger partial charge is 0.474 e. The number of hydrogen-bond donors (Lipinski definition) is 1. The highest BCUT2D eigenvalue weighted by Gasteiger charge is 2.56. The summed E-state index contributed by atoms with van der Waals surface area (Å²) >= 11 is 0.375. The van der Waals surface area contributed by atoms with Gasteiger partial charge in [0.2, 0.25) is 11.5 Å². The Morgan fingerprint density at radius 1 is 0.981 bits per heavy atom. The summed E-state index contributed by atoms with van der Waals surface area (Å²) in [6.07, 6.45) is -7.50. The lowest BCUT2D eigenvalue weighted by Crippen LogP contribution is -2.69. The van der Waals surface area contributed by atoms with E-state index in [-0.39, 0.29) is 70.6 Å². The van der Waals surface area contributed by atoms with Crippen molar-refractivity contribution in [3.8, 4) is 5.75 Å². The Balaban J connectivity index is 1.45. The Kier molecular flexibility index (Phi) is 12.4. The number of halogens is 6. The predicted molar refractivity (Wildman–Crippen MR) is 186 cm³/mol. The number of benzene rings is 1. The van der Waals surface area contributed by atoms with Crippen molar-refractivity contribution in [1.82, 2.24) is 14.8 Å². The first-order valence-electron chi connectivity index (χ1n) is 17.3. The Bertz CT molecular complexity index is 1830. The fourth-order valence-corrected chi connectivity index (χ4v) is 7.58. The molecule has 54 heavy (non-hydrogen) atoms. The van der Waals surface area contributed by atoms with E-state index >= 15 is 0 Å². The number of amides is 3. The van der Waals surface area contributed by atoms with Crippen LogP contribution in [-0.4, -0.2) is 90.0 Å². The molecule has 292 valence electrons. The third kappa shape index (κ3) is 8.90. The molecule has 2 saturated heterocycles. The van der Waals surface area contributed by atoms with Gasteiger partial charge in [-0.1, -0.05) is 25.5 Å². The van der Waals surface area contributed by atoms with E-state index in [2.05, 4.69) is 15.0 Å². The van der Waals surface area contributed by atoms with Gasteiger partial charge in [0.05, 0.1) is 42.1 Å². The lowest BCUT2D eigenvalue weighted by molar-refractivity contribution is -0.159. The van der Waals surface area contributed by atoms with E-state index in [4.69, 9.17) is 4.74 Å². The molecule has 1 N–H and O–H groups in total. The number of nitrogens with one attached hydrogen (secondary N) is 1. The third-order valence-corrected chi connectivity index (χ3v) is 10.4. The molecule has 0 saturated carbocycles. The molecular formula is C36H39F6N5O6S. The van der Waals surface area contributed by atoms with Gasteiger partial charge in [-0.05, 0) is 31.0 Å². The number of carbonyl (C=O) groups is 4. The number of nitrogens with zero attached hydrogens (tertiary/aromatic N) is 4. The zero-order valence-corrected chi connectivity index (χ0v) is 30.3. The van der Waals surface area contributed by atoms with E-state index in [0.717, 1.165) is 23.8 Å². The lowest BCUT2D eigenvalue weighted by atomic mass is 9.79. The minimum atomic E-state index is -4.89. The molecule has 2 aliphatic rings. The molecule has 1 aromatic carbocycles. The van der Waals surface area contributed by atoms with Gasteiger partial charge in [-0.2, -0.15) is 26.3 Å². The number of likely N-dealkylation sites (tertiary alicyclic amines) is 1. The van der Waals surface area contributed by atoms with Crippen LogP contribution in [0.2, 0.25) is 0 Å². The van der Waals surface area contributed by atoms with Gasteiger partial charge in [0.15, 0.2) is 0 Å². The Labute approximate surface area is 311 Å². The molecule has 0 bridgehead atoms. The van der Waals surface area contributed by atoms with E-state index in [0.29, 0.717) is 35.2 Å². The number of carbonyl (C=O) groups excluding carboxylic acids is 4. The Morgan fingerprint density at radius 3 is 2.35 bits per heavy atom. The van der Waals surface area contributed by atoms with E-state index in [1.807, 2.05) is 4.90 Å². The Hall–Kier alpha value is -4.87. The molecule has 0 aliphatic carbocycles. The van der Waals surface area contributed by atoms with Crippen LogP contribution >= 0.6 is 11.3 Å². The van der Waals surface area contributed by atoms with Gasteiger partial charge in [-0.25, -0.2) is 0 Å². The van der Waals surface area contributed by atoms with Gasteiger partial charge >= 0.3 is 18.3 Å². The van der Waals surface area contributed by atoms with Crippen molar-refractivity contribution in [2.45, 2.75) is 69.4 Å².